The van der Waals surface area contributed by atoms with Gasteiger partial charge in [0.25, 0.3) is 0 Å². The van der Waals surface area contributed by atoms with Crippen LogP contribution in [0.4, 0.5) is 0 Å². The van der Waals surface area contributed by atoms with Crippen LogP contribution < -0.4 is 0 Å². The lowest BCUT2D eigenvalue weighted by atomic mass is 10.3. The van der Waals surface area contributed by atoms with E-state index in [0.717, 1.165) is 10.0 Å². The zero-order valence-electron chi connectivity index (χ0n) is 6.40. The maximum atomic E-state index is 10.6. The van der Waals surface area contributed by atoms with Gasteiger partial charge in [0.15, 0.2) is 0 Å². The zero-order valence-corrected chi connectivity index (χ0v) is 8.80. The van der Waals surface area contributed by atoms with Crippen LogP contribution >= 0.6 is 15.9 Å². The van der Waals surface area contributed by atoms with Gasteiger partial charge in [0.2, 0.25) is 0 Å². The van der Waals surface area contributed by atoms with Gasteiger partial charge >= 0.3 is 0 Å². The third-order valence-corrected chi connectivity index (χ3v) is 1.91. The normalized spacial score (nSPS) is 13.5. The highest BCUT2D eigenvalue weighted by Crippen LogP contribution is 2.07. The van der Waals surface area contributed by atoms with Gasteiger partial charge in [-0.2, -0.15) is 4.40 Å². The molecule has 0 amide bonds. The van der Waals surface area contributed by atoms with Crippen molar-refractivity contribution in [3.63, 3.8) is 0 Å². The van der Waals surface area contributed by atoms with Crippen molar-refractivity contribution in [3.8, 4) is 0 Å². The lowest BCUT2D eigenvalue weighted by Gasteiger charge is -1.91. The Bertz CT molecular complexity index is 327. The Balaban J connectivity index is 2.83. The van der Waals surface area contributed by atoms with Gasteiger partial charge in [0.05, 0.1) is 0 Å². The SMILES string of the molecule is CS(=O)/N=C/c1cncc(Br)c1. The summed E-state index contributed by atoms with van der Waals surface area (Å²) >= 11 is 3.27. The van der Waals surface area contributed by atoms with Crippen LogP contribution in [-0.2, 0) is 11.0 Å². The average Bonchev–Trinajstić information content (AvgIpc) is 2.01. The molecule has 1 atom stereocenters. The molecule has 3 nitrogen and oxygen atoms in total. The minimum atomic E-state index is -1.15. The van der Waals surface area contributed by atoms with Crippen LogP contribution in [0.25, 0.3) is 0 Å². The van der Waals surface area contributed by atoms with Crippen molar-refractivity contribution >= 4 is 33.1 Å². The molecule has 12 heavy (non-hydrogen) atoms. The van der Waals surface area contributed by atoms with Gasteiger partial charge in [-0.1, -0.05) is 0 Å². The fourth-order valence-corrected chi connectivity index (χ4v) is 1.29. The molecule has 0 aliphatic carbocycles. The first-order chi connectivity index (χ1) is 5.68. The van der Waals surface area contributed by atoms with Crippen LogP contribution in [0.15, 0.2) is 27.3 Å². The first kappa shape index (κ1) is 9.54. The Morgan fingerprint density at radius 2 is 2.42 bits per heavy atom. The van der Waals surface area contributed by atoms with Crippen molar-refractivity contribution < 1.29 is 4.21 Å². The topological polar surface area (TPSA) is 42.3 Å². The predicted octanol–water partition coefficient (Wildman–Crippen LogP) is 1.56. The lowest BCUT2D eigenvalue weighted by Crippen LogP contribution is -1.85. The average molecular weight is 247 g/mol. The Morgan fingerprint density at radius 3 is 3.00 bits per heavy atom. The molecule has 1 aromatic heterocycles. The minimum absolute atomic E-state index is 0.833. The molecule has 0 fully saturated rings. The molecule has 1 heterocycles. The van der Waals surface area contributed by atoms with Gasteiger partial charge in [-0.15, -0.1) is 0 Å². The smallest absolute Gasteiger partial charge is 0.136 e. The summed E-state index contributed by atoms with van der Waals surface area (Å²) < 4.78 is 15.2. The molecule has 0 bridgehead atoms. The fraction of sp³-hybridized carbons (Fsp3) is 0.143. The van der Waals surface area contributed by atoms with Crippen LogP contribution in [0.5, 0.6) is 0 Å². The molecule has 0 aliphatic heterocycles. The predicted molar refractivity (Wildman–Crippen MR) is 53.6 cm³/mol. The van der Waals surface area contributed by atoms with Crippen molar-refractivity contribution in [2.24, 2.45) is 4.40 Å². The number of aromatic nitrogens is 1. The van der Waals surface area contributed by atoms with Crippen LogP contribution in [-0.4, -0.2) is 21.7 Å². The Kier molecular flexibility index (Phi) is 3.55. The molecule has 0 radical (unpaired) electrons. The van der Waals surface area contributed by atoms with E-state index in [1.807, 2.05) is 6.07 Å². The van der Waals surface area contributed by atoms with E-state index in [2.05, 4.69) is 25.3 Å². The second-order valence-electron chi connectivity index (χ2n) is 2.09. The number of nitrogens with zero attached hydrogens (tertiary/aromatic N) is 2. The number of halogens is 1. The van der Waals surface area contributed by atoms with Gasteiger partial charge in [0.1, 0.15) is 11.0 Å². The molecular weight excluding hydrogens is 240 g/mol. The minimum Gasteiger partial charge on any atom is -0.263 e. The highest BCUT2D eigenvalue weighted by Gasteiger charge is 1.90. The van der Waals surface area contributed by atoms with E-state index < -0.39 is 11.0 Å². The van der Waals surface area contributed by atoms with E-state index in [9.17, 15) is 4.21 Å². The molecule has 1 aromatic rings. The quantitative estimate of drug-likeness (QED) is 0.744. The van der Waals surface area contributed by atoms with Crippen molar-refractivity contribution in [2.75, 3.05) is 6.26 Å². The van der Waals surface area contributed by atoms with Gasteiger partial charge in [-0.25, -0.2) is 4.21 Å². The van der Waals surface area contributed by atoms with Gasteiger partial charge < -0.3 is 0 Å². The summed E-state index contributed by atoms with van der Waals surface area (Å²) in [5.74, 6) is 0. The van der Waals surface area contributed by atoms with Gasteiger partial charge in [-0.3, -0.25) is 4.98 Å². The largest absolute Gasteiger partial charge is 0.263 e. The molecule has 1 rings (SSSR count). The highest BCUT2D eigenvalue weighted by molar-refractivity contribution is 9.10. The molecule has 1 unspecified atom stereocenters. The summed E-state index contributed by atoms with van der Waals surface area (Å²) in [5, 5.41) is 0. The van der Waals surface area contributed by atoms with Crippen molar-refractivity contribution in [3.05, 3.63) is 28.5 Å². The van der Waals surface area contributed by atoms with Crippen LogP contribution in [0, 0.1) is 0 Å². The summed E-state index contributed by atoms with van der Waals surface area (Å²) in [5.41, 5.74) is 0.833. The standard InChI is InChI=1S/C7H7BrN2OS/c1-12(11)10-4-6-2-7(8)5-9-3-6/h2-5H,1H3/b10-4+. The van der Waals surface area contributed by atoms with Crippen LogP contribution in [0.3, 0.4) is 0 Å². The van der Waals surface area contributed by atoms with E-state index in [1.165, 1.54) is 12.5 Å². The van der Waals surface area contributed by atoms with Crippen LogP contribution in [0.1, 0.15) is 5.56 Å². The first-order valence-electron chi connectivity index (χ1n) is 3.16. The second-order valence-corrected chi connectivity index (χ2v) is 4.07. The number of hydrogen-bond acceptors (Lipinski definition) is 2. The summed E-state index contributed by atoms with van der Waals surface area (Å²) in [6.07, 6.45) is 6.39. The summed E-state index contributed by atoms with van der Waals surface area (Å²) in [6, 6.07) is 1.85. The number of pyridine rings is 1. The molecule has 5 heteroatoms. The molecule has 0 saturated heterocycles. The van der Waals surface area contributed by atoms with E-state index in [0.29, 0.717) is 0 Å². The number of hydrogen-bond donors (Lipinski definition) is 0. The lowest BCUT2D eigenvalue weighted by molar-refractivity contribution is 0.688. The van der Waals surface area contributed by atoms with E-state index in [4.69, 9.17) is 0 Å². The molecule has 0 N–H and O–H groups in total. The van der Waals surface area contributed by atoms with Crippen molar-refractivity contribution in [1.29, 1.82) is 0 Å². The zero-order chi connectivity index (χ0) is 8.97. The highest BCUT2D eigenvalue weighted by atomic mass is 79.9. The van der Waals surface area contributed by atoms with Crippen molar-refractivity contribution in [1.82, 2.24) is 4.98 Å². The van der Waals surface area contributed by atoms with Gasteiger partial charge in [0, 0.05) is 34.9 Å². The molecule has 0 aromatic carbocycles. The van der Waals surface area contributed by atoms with Gasteiger partial charge in [-0.05, 0) is 22.0 Å². The molecule has 0 aliphatic rings. The molecule has 0 spiro atoms. The number of rotatable bonds is 2. The first-order valence-corrected chi connectivity index (χ1v) is 5.47. The molecule has 0 saturated carbocycles. The van der Waals surface area contributed by atoms with Crippen LogP contribution in [0.2, 0.25) is 0 Å². The monoisotopic (exact) mass is 246 g/mol. The Morgan fingerprint density at radius 1 is 1.67 bits per heavy atom. The maximum absolute atomic E-state index is 10.6. The maximum Gasteiger partial charge on any atom is 0.136 e. The third kappa shape index (κ3) is 3.23. The molecule has 64 valence electrons. The third-order valence-electron chi connectivity index (χ3n) is 1.08. The Hall–Kier alpha value is -0.550. The summed E-state index contributed by atoms with van der Waals surface area (Å²) in [4.78, 5) is 3.93. The molecular formula is C7H7BrN2OS. The summed E-state index contributed by atoms with van der Waals surface area (Å²) in [7, 11) is -1.15. The summed E-state index contributed by atoms with van der Waals surface area (Å²) in [6.45, 7) is 0. The van der Waals surface area contributed by atoms with E-state index in [1.54, 1.807) is 12.4 Å². The Labute approximate surface area is 81.7 Å². The van der Waals surface area contributed by atoms with E-state index in [-0.39, 0.29) is 0 Å². The van der Waals surface area contributed by atoms with E-state index >= 15 is 0 Å². The second kappa shape index (κ2) is 4.47. The fourth-order valence-electron chi connectivity index (χ4n) is 0.634. The van der Waals surface area contributed by atoms with Crippen molar-refractivity contribution in [2.45, 2.75) is 0 Å².